The molecule has 2 aromatic carbocycles. The highest BCUT2D eigenvalue weighted by atomic mass is 31.1. The molecule has 0 radical (unpaired) electrons. The van der Waals surface area contributed by atoms with Crippen LogP contribution in [0.3, 0.4) is 0 Å². The van der Waals surface area contributed by atoms with Crippen molar-refractivity contribution in [1.82, 2.24) is 0 Å². The smallest absolute Gasteiger partial charge is 0.00575 e. The van der Waals surface area contributed by atoms with Crippen molar-refractivity contribution in [3.05, 3.63) is 60.2 Å². The number of hydrogen-bond donors (Lipinski definition) is 0. The van der Waals surface area contributed by atoms with Crippen molar-refractivity contribution in [3.8, 4) is 11.1 Å². The first-order chi connectivity index (χ1) is 10.2. The molecule has 0 amide bonds. The summed E-state index contributed by atoms with van der Waals surface area (Å²) in [7, 11) is -0.126. The largest absolute Gasteiger partial charge is 0.0911 e. The minimum Gasteiger partial charge on any atom is -0.0911 e. The molecule has 0 saturated carbocycles. The van der Waals surface area contributed by atoms with Crippen LogP contribution in [-0.2, 0) is 6.16 Å². The molecule has 0 spiro atoms. The van der Waals surface area contributed by atoms with Gasteiger partial charge in [-0.25, -0.2) is 0 Å². The lowest BCUT2D eigenvalue weighted by Gasteiger charge is -2.42. The SMILES string of the molecule is CC(C)(C)P(Cc1ccccc1-c1ccccc1)C(C)(C)C. The Bertz CT molecular complexity index is 586. The normalized spacial score (nSPS) is 12.7. The van der Waals surface area contributed by atoms with Gasteiger partial charge < -0.3 is 0 Å². The summed E-state index contributed by atoms with van der Waals surface area (Å²) in [5.74, 6) is 0. The van der Waals surface area contributed by atoms with Crippen molar-refractivity contribution in [1.29, 1.82) is 0 Å². The molecule has 0 N–H and O–H groups in total. The monoisotopic (exact) mass is 312 g/mol. The van der Waals surface area contributed by atoms with Gasteiger partial charge in [-0.3, -0.25) is 0 Å². The predicted octanol–water partition coefficient (Wildman–Crippen LogP) is 6.93. The zero-order valence-corrected chi connectivity index (χ0v) is 15.7. The van der Waals surface area contributed by atoms with Gasteiger partial charge in [-0.1, -0.05) is 104 Å². The van der Waals surface area contributed by atoms with Gasteiger partial charge in [0.05, 0.1) is 0 Å². The van der Waals surface area contributed by atoms with Crippen molar-refractivity contribution in [2.75, 3.05) is 0 Å². The van der Waals surface area contributed by atoms with Gasteiger partial charge in [-0.15, -0.1) is 0 Å². The second-order valence-electron chi connectivity index (χ2n) is 7.95. The molecule has 0 atom stereocenters. The molecule has 0 aromatic heterocycles. The molecule has 0 aliphatic heterocycles. The lowest BCUT2D eigenvalue weighted by Crippen LogP contribution is -2.26. The van der Waals surface area contributed by atoms with Crippen molar-refractivity contribution in [2.24, 2.45) is 0 Å². The second-order valence-corrected chi connectivity index (χ2v) is 11.8. The van der Waals surface area contributed by atoms with E-state index in [0.29, 0.717) is 10.3 Å². The van der Waals surface area contributed by atoms with Crippen molar-refractivity contribution in [2.45, 2.75) is 58.0 Å². The molecular weight excluding hydrogens is 283 g/mol. The molecule has 0 unspecified atom stereocenters. The fraction of sp³-hybridized carbons (Fsp3) is 0.429. The van der Waals surface area contributed by atoms with Gasteiger partial charge in [0, 0.05) is 0 Å². The van der Waals surface area contributed by atoms with E-state index >= 15 is 0 Å². The lowest BCUT2D eigenvalue weighted by atomic mass is 10.0. The van der Waals surface area contributed by atoms with E-state index in [1.54, 1.807) is 0 Å². The Morgan fingerprint density at radius 2 is 1.18 bits per heavy atom. The van der Waals surface area contributed by atoms with Crippen LogP contribution in [0.25, 0.3) is 11.1 Å². The molecule has 1 heteroatoms. The Balaban J connectivity index is 2.42. The summed E-state index contributed by atoms with van der Waals surface area (Å²) in [5, 5.41) is 0.717. The molecule has 0 aliphatic rings. The van der Waals surface area contributed by atoms with Crippen LogP contribution in [0.15, 0.2) is 54.6 Å². The Morgan fingerprint density at radius 1 is 0.682 bits per heavy atom. The zero-order chi connectivity index (χ0) is 16.4. The summed E-state index contributed by atoms with van der Waals surface area (Å²) in [6.45, 7) is 14.4. The van der Waals surface area contributed by atoms with Crippen LogP contribution >= 0.6 is 7.92 Å². The zero-order valence-electron chi connectivity index (χ0n) is 14.9. The highest BCUT2D eigenvalue weighted by molar-refractivity contribution is 7.60. The molecule has 2 aromatic rings. The molecule has 0 bridgehead atoms. The van der Waals surface area contributed by atoms with E-state index in [9.17, 15) is 0 Å². The van der Waals surface area contributed by atoms with Crippen LogP contribution in [0, 0.1) is 0 Å². The lowest BCUT2D eigenvalue weighted by molar-refractivity contribution is 0.703. The quantitative estimate of drug-likeness (QED) is 0.539. The van der Waals surface area contributed by atoms with Gasteiger partial charge in [0.1, 0.15) is 0 Å². The van der Waals surface area contributed by atoms with Gasteiger partial charge in [0.2, 0.25) is 0 Å². The second kappa shape index (κ2) is 6.55. The standard InChI is InChI=1S/C21H29P/c1-20(2,3)22(21(4,5)6)16-18-14-10-11-15-19(18)17-12-8-7-9-13-17/h7-15H,16H2,1-6H3. The van der Waals surface area contributed by atoms with Crippen LogP contribution in [0.5, 0.6) is 0 Å². The average molecular weight is 312 g/mol. The summed E-state index contributed by atoms with van der Waals surface area (Å²) in [6, 6.07) is 19.7. The number of rotatable bonds is 3. The van der Waals surface area contributed by atoms with Gasteiger partial charge in [-0.2, -0.15) is 0 Å². The molecule has 2 rings (SSSR count). The molecule has 118 valence electrons. The third-order valence-electron chi connectivity index (χ3n) is 4.05. The van der Waals surface area contributed by atoms with E-state index in [2.05, 4.69) is 96.1 Å². The van der Waals surface area contributed by atoms with Gasteiger partial charge in [-0.05, 0) is 33.2 Å². The molecule has 0 aliphatic carbocycles. The Hall–Kier alpha value is -1.13. The van der Waals surface area contributed by atoms with Gasteiger partial charge in [0.25, 0.3) is 0 Å². The summed E-state index contributed by atoms with van der Waals surface area (Å²) in [4.78, 5) is 0. The molecular formula is C21H29P. The first-order valence-corrected chi connectivity index (χ1v) is 9.63. The Kier molecular flexibility index (Phi) is 5.13. The van der Waals surface area contributed by atoms with Crippen LogP contribution in [0.4, 0.5) is 0 Å². The minimum absolute atomic E-state index is 0.126. The van der Waals surface area contributed by atoms with Crippen molar-refractivity contribution < 1.29 is 0 Å². The molecule has 0 heterocycles. The summed E-state index contributed by atoms with van der Waals surface area (Å²) in [5.41, 5.74) is 4.21. The first kappa shape index (κ1) is 17.2. The molecule has 0 saturated heterocycles. The van der Waals surface area contributed by atoms with Crippen LogP contribution < -0.4 is 0 Å². The first-order valence-electron chi connectivity index (χ1n) is 8.11. The van der Waals surface area contributed by atoms with Crippen molar-refractivity contribution in [3.63, 3.8) is 0 Å². The fourth-order valence-electron chi connectivity index (χ4n) is 3.21. The summed E-state index contributed by atoms with van der Waals surface area (Å²) < 4.78 is 0. The van der Waals surface area contributed by atoms with E-state index in [1.165, 1.54) is 22.9 Å². The maximum absolute atomic E-state index is 2.40. The highest BCUT2D eigenvalue weighted by Crippen LogP contribution is 2.61. The van der Waals surface area contributed by atoms with E-state index in [-0.39, 0.29) is 7.92 Å². The van der Waals surface area contributed by atoms with Crippen LogP contribution in [-0.4, -0.2) is 10.3 Å². The maximum atomic E-state index is 2.40. The van der Waals surface area contributed by atoms with E-state index in [1.807, 2.05) is 0 Å². The summed E-state index contributed by atoms with van der Waals surface area (Å²) in [6.07, 6.45) is 1.19. The minimum atomic E-state index is -0.126. The van der Waals surface area contributed by atoms with Gasteiger partial charge >= 0.3 is 0 Å². The average Bonchev–Trinajstić information content (AvgIpc) is 2.43. The maximum Gasteiger partial charge on any atom is -0.00575 e. The van der Waals surface area contributed by atoms with E-state index in [0.717, 1.165) is 0 Å². The highest BCUT2D eigenvalue weighted by Gasteiger charge is 2.34. The molecule has 0 fully saturated rings. The molecule has 0 nitrogen and oxygen atoms in total. The van der Waals surface area contributed by atoms with Crippen molar-refractivity contribution >= 4 is 7.92 Å². The Labute approximate surface area is 137 Å². The van der Waals surface area contributed by atoms with E-state index < -0.39 is 0 Å². The third-order valence-corrected chi connectivity index (χ3v) is 7.95. The number of benzene rings is 2. The van der Waals surface area contributed by atoms with Crippen LogP contribution in [0.1, 0.15) is 47.1 Å². The fourth-order valence-corrected chi connectivity index (χ4v) is 6.79. The third kappa shape index (κ3) is 4.20. The van der Waals surface area contributed by atoms with E-state index in [4.69, 9.17) is 0 Å². The number of hydrogen-bond acceptors (Lipinski definition) is 0. The van der Waals surface area contributed by atoms with Gasteiger partial charge in [0.15, 0.2) is 0 Å². The van der Waals surface area contributed by atoms with Crippen LogP contribution in [0.2, 0.25) is 0 Å². The summed E-state index contributed by atoms with van der Waals surface area (Å²) >= 11 is 0. The predicted molar refractivity (Wildman–Crippen MR) is 102 cm³/mol. The Morgan fingerprint density at radius 3 is 1.73 bits per heavy atom. The molecule has 22 heavy (non-hydrogen) atoms. The topological polar surface area (TPSA) is 0 Å².